The summed E-state index contributed by atoms with van der Waals surface area (Å²) in [5.74, 6) is 0.896. The minimum atomic E-state index is -0.455. The van der Waals surface area contributed by atoms with Gasteiger partial charge in [0.05, 0.1) is 5.56 Å². The highest BCUT2D eigenvalue weighted by Crippen LogP contribution is 2.21. The predicted octanol–water partition coefficient (Wildman–Crippen LogP) is 3.95. The Bertz CT molecular complexity index is 649. The second-order valence-electron chi connectivity index (χ2n) is 5.48. The Morgan fingerprint density at radius 3 is 2.33 bits per heavy atom. The van der Waals surface area contributed by atoms with Gasteiger partial charge in [-0.3, -0.25) is 4.79 Å². The lowest BCUT2D eigenvalue weighted by atomic mass is 10.1. The molecule has 132 valence electrons. The summed E-state index contributed by atoms with van der Waals surface area (Å²) < 4.78 is 6.58. The number of nitrogens with one attached hydrogen (secondary N) is 1. The van der Waals surface area contributed by atoms with E-state index in [1.807, 2.05) is 38.1 Å². The number of carbonyl (C=O) groups excluding carboxylic acids is 1. The van der Waals surface area contributed by atoms with Gasteiger partial charge in [-0.1, -0.05) is 15.9 Å². The molecule has 5 nitrogen and oxygen atoms in total. The van der Waals surface area contributed by atoms with Crippen molar-refractivity contribution in [3.63, 3.8) is 0 Å². The first kappa shape index (κ1) is 22.7. The predicted molar refractivity (Wildman–Crippen MR) is 104 cm³/mol. The van der Waals surface area contributed by atoms with Gasteiger partial charge in [-0.05, 0) is 44.2 Å². The Morgan fingerprint density at radius 1 is 1.21 bits per heavy atom. The van der Waals surface area contributed by atoms with E-state index in [9.17, 15) is 4.79 Å². The fourth-order valence-corrected chi connectivity index (χ4v) is 1.89. The zero-order valence-electron chi connectivity index (χ0n) is 13.3. The summed E-state index contributed by atoms with van der Waals surface area (Å²) in [6.45, 7) is 4.09. The van der Waals surface area contributed by atoms with Crippen LogP contribution >= 0.6 is 40.7 Å². The van der Waals surface area contributed by atoms with E-state index < -0.39 is 5.54 Å². The highest BCUT2D eigenvalue weighted by atomic mass is 79.9. The second-order valence-corrected chi connectivity index (χ2v) is 6.40. The van der Waals surface area contributed by atoms with Crippen molar-refractivity contribution in [1.82, 2.24) is 10.3 Å². The third-order valence-corrected chi connectivity index (χ3v) is 3.53. The van der Waals surface area contributed by atoms with E-state index >= 15 is 0 Å². The zero-order chi connectivity index (χ0) is 16.2. The SMILES string of the molecule is CC(C)(CN)NC(=O)c1ccc(Oc2ccc(Br)cc2)nc1.Cl.Cl. The molecular formula is C16H20BrCl2N3O2. The number of halogens is 3. The molecule has 1 heterocycles. The monoisotopic (exact) mass is 435 g/mol. The molecule has 0 aliphatic rings. The summed E-state index contributed by atoms with van der Waals surface area (Å²) in [6, 6.07) is 10.7. The molecule has 2 rings (SSSR count). The number of nitrogens with zero attached hydrogens (tertiary/aromatic N) is 1. The Balaban J connectivity index is 0.00000264. The van der Waals surface area contributed by atoms with Crippen LogP contribution < -0.4 is 15.8 Å². The molecule has 0 saturated heterocycles. The summed E-state index contributed by atoms with van der Waals surface area (Å²) in [7, 11) is 0. The average molecular weight is 437 g/mol. The fraction of sp³-hybridized carbons (Fsp3) is 0.250. The molecule has 0 aliphatic heterocycles. The van der Waals surface area contributed by atoms with Crippen LogP contribution in [0.2, 0.25) is 0 Å². The van der Waals surface area contributed by atoms with E-state index in [4.69, 9.17) is 10.5 Å². The second kappa shape index (κ2) is 9.84. The van der Waals surface area contributed by atoms with Gasteiger partial charge in [0.1, 0.15) is 5.75 Å². The number of amides is 1. The van der Waals surface area contributed by atoms with Gasteiger partial charge in [0.2, 0.25) is 5.88 Å². The number of carbonyl (C=O) groups is 1. The van der Waals surface area contributed by atoms with E-state index in [0.29, 0.717) is 23.7 Å². The molecule has 0 bridgehead atoms. The lowest BCUT2D eigenvalue weighted by Gasteiger charge is -2.24. The van der Waals surface area contributed by atoms with E-state index in [-0.39, 0.29) is 30.7 Å². The van der Waals surface area contributed by atoms with Crippen LogP contribution in [-0.2, 0) is 0 Å². The maximum Gasteiger partial charge on any atom is 0.253 e. The summed E-state index contributed by atoms with van der Waals surface area (Å²) in [6.07, 6.45) is 1.48. The summed E-state index contributed by atoms with van der Waals surface area (Å²) in [5, 5.41) is 2.85. The number of pyridine rings is 1. The van der Waals surface area contributed by atoms with Crippen molar-refractivity contribution >= 4 is 46.7 Å². The zero-order valence-corrected chi connectivity index (χ0v) is 16.5. The molecule has 0 aliphatic carbocycles. The van der Waals surface area contributed by atoms with Gasteiger partial charge in [0.25, 0.3) is 5.91 Å². The summed E-state index contributed by atoms with van der Waals surface area (Å²) in [4.78, 5) is 16.2. The van der Waals surface area contributed by atoms with Crippen LogP contribution in [0.3, 0.4) is 0 Å². The van der Waals surface area contributed by atoms with Crippen LogP contribution in [0.5, 0.6) is 11.6 Å². The number of hydrogen-bond donors (Lipinski definition) is 2. The molecule has 1 aromatic carbocycles. The maximum absolute atomic E-state index is 12.1. The number of hydrogen-bond acceptors (Lipinski definition) is 4. The molecule has 1 amide bonds. The summed E-state index contributed by atoms with van der Waals surface area (Å²) >= 11 is 3.36. The van der Waals surface area contributed by atoms with Gasteiger partial charge < -0.3 is 15.8 Å². The largest absolute Gasteiger partial charge is 0.439 e. The smallest absolute Gasteiger partial charge is 0.253 e. The summed E-state index contributed by atoms with van der Waals surface area (Å²) in [5.41, 5.74) is 5.61. The molecule has 8 heteroatoms. The highest BCUT2D eigenvalue weighted by Gasteiger charge is 2.19. The van der Waals surface area contributed by atoms with E-state index in [1.165, 1.54) is 6.20 Å². The van der Waals surface area contributed by atoms with Crippen LogP contribution in [0.1, 0.15) is 24.2 Å². The van der Waals surface area contributed by atoms with Gasteiger partial charge in [0.15, 0.2) is 0 Å². The van der Waals surface area contributed by atoms with Crippen LogP contribution in [0.4, 0.5) is 0 Å². The molecular weight excluding hydrogens is 417 g/mol. The number of ether oxygens (including phenoxy) is 1. The van der Waals surface area contributed by atoms with Crippen molar-refractivity contribution < 1.29 is 9.53 Å². The molecule has 0 radical (unpaired) electrons. The fourth-order valence-electron chi connectivity index (χ4n) is 1.63. The Kier molecular flexibility index (Phi) is 9.29. The van der Waals surface area contributed by atoms with Crippen molar-refractivity contribution in [1.29, 1.82) is 0 Å². The molecule has 0 fully saturated rings. The minimum absolute atomic E-state index is 0. The maximum atomic E-state index is 12.1. The quantitative estimate of drug-likeness (QED) is 0.743. The first-order valence-corrected chi connectivity index (χ1v) is 7.61. The lowest BCUT2D eigenvalue weighted by Crippen LogP contribution is -2.48. The number of aromatic nitrogens is 1. The van der Waals surface area contributed by atoms with Gasteiger partial charge >= 0.3 is 0 Å². The molecule has 24 heavy (non-hydrogen) atoms. The first-order chi connectivity index (χ1) is 10.4. The normalized spacial score (nSPS) is 10.2. The molecule has 0 unspecified atom stereocenters. The third-order valence-electron chi connectivity index (χ3n) is 3.00. The Hall–Kier alpha value is -1.34. The first-order valence-electron chi connectivity index (χ1n) is 6.82. The average Bonchev–Trinajstić information content (AvgIpc) is 2.50. The van der Waals surface area contributed by atoms with E-state index in [2.05, 4.69) is 26.2 Å². The molecule has 0 saturated carbocycles. The van der Waals surface area contributed by atoms with Gasteiger partial charge in [-0.15, -0.1) is 24.8 Å². The van der Waals surface area contributed by atoms with Crippen molar-refractivity contribution in [3.8, 4) is 11.6 Å². The molecule has 1 aromatic heterocycles. The van der Waals surface area contributed by atoms with E-state index in [1.54, 1.807) is 12.1 Å². The molecule has 0 spiro atoms. The number of nitrogens with two attached hydrogens (primary N) is 1. The third kappa shape index (κ3) is 6.65. The number of rotatable bonds is 5. The van der Waals surface area contributed by atoms with Crippen LogP contribution in [-0.4, -0.2) is 23.0 Å². The topological polar surface area (TPSA) is 77.2 Å². The Morgan fingerprint density at radius 2 is 1.83 bits per heavy atom. The standard InChI is InChI=1S/C16H18BrN3O2.2ClH/c1-16(2,10-18)20-15(21)11-3-8-14(19-9-11)22-13-6-4-12(17)5-7-13;;/h3-9H,10,18H2,1-2H3,(H,20,21);2*1H. The van der Waals surface area contributed by atoms with Crippen molar-refractivity contribution in [3.05, 3.63) is 52.6 Å². The van der Waals surface area contributed by atoms with Crippen LogP contribution in [0.15, 0.2) is 47.1 Å². The van der Waals surface area contributed by atoms with E-state index in [0.717, 1.165) is 4.47 Å². The van der Waals surface area contributed by atoms with Gasteiger partial charge in [0, 0.05) is 28.8 Å². The van der Waals surface area contributed by atoms with Gasteiger partial charge in [-0.2, -0.15) is 0 Å². The molecule has 0 atom stereocenters. The Labute approximate surface area is 162 Å². The van der Waals surface area contributed by atoms with Crippen LogP contribution in [0, 0.1) is 0 Å². The van der Waals surface area contributed by atoms with Gasteiger partial charge in [-0.25, -0.2) is 4.98 Å². The minimum Gasteiger partial charge on any atom is -0.439 e. The number of benzene rings is 1. The molecule has 2 aromatic rings. The van der Waals surface area contributed by atoms with Crippen LogP contribution in [0.25, 0.3) is 0 Å². The van der Waals surface area contributed by atoms with Crippen molar-refractivity contribution in [2.45, 2.75) is 19.4 Å². The highest BCUT2D eigenvalue weighted by molar-refractivity contribution is 9.10. The van der Waals surface area contributed by atoms with Crippen molar-refractivity contribution in [2.24, 2.45) is 5.73 Å². The lowest BCUT2D eigenvalue weighted by molar-refractivity contribution is 0.0915. The van der Waals surface area contributed by atoms with Crippen molar-refractivity contribution in [2.75, 3.05) is 6.54 Å². The molecule has 3 N–H and O–H groups in total.